The van der Waals surface area contributed by atoms with Crippen LogP contribution in [-0.2, 0) is 15.7 Å². The summed E-state index contributed by atoms with van der Waals surface area (Å²) in [7, 11) is 0. The summed E-state index contributed by atoms with van der Waals surface area (Å²) in [4.78, 5) is 24.2. The molecule has 2 N–H and O–H groups in total. The highest BCUT2D eigenvalue weighted by molar-refractivity contribution is 6.05. The highest BCUT2D eigenvalue weighted by Gasteiger charge is 2.35. The molecule has 9 heteroatoms. The number of amides is 2. The van der Waals surface area contributed by atoms with E-state index >= 15 is 0 Å². The molecule has 1 aliphatic heterocycles. The molecular formula is C19H16F4N2O3. The number of carbonyl (C=O) groups is 2. The van der Waals surface area contributed by atoms with Crippen LogP contribution in [0.2, 0.25) is 0 Å². The van der Waals surface area contributed by atoms with E-state index in [0.717, 1.165) is 18.2 Å². The maximum absolute atomic E-state index is 13.7. The van der Waals surface area contributed by atoms with Crippen molar-refractivity contribution in [1.82, 2.24) is 0 Å². The second kappa shape index (κ2) is 7.97. The van der Waals surface area contributed by atoms with Gasteiger partial charge < -0.3 is 15.4 Å². The quantitative estimate of drug-likeness (QED) is 0.761. The van der Waals surface area contributed by atoms with Crippen LogP contribution in [0.25, 0.3) is 0 Å². The highest BCUT2D eigenvalue weighted by Crippen LogP contribution is 2.37. The van der Waals surface area contributed by atoms with Gasteiger partial charge in [-0.1, -0.05) is 12.1 Å². The van der Waals surface area contributed by atoms with Crippen LogP contribution >= 0.6 is 0 Å². The van der Waals surface area contributed by atoms with Gasteiger partial charge in [0.25, 0.3) is 11.8 Å². The van der Waals surface area contributed by atoms with Gasteiger partial charge in [-0.3, -0.25) is 9.59 Å². The lowest BCUT2D eigenvalue weighted by atomic mass is 10.1. The molecule has 1 fully saturated rings. The van der Waals surface area contributed by atoms with Crippen molar-refractivity contribution in [2.45, 2.75) is 25.1 Å². The average Bonchev–Trinajstić information content (AvgIpc) is 3.17. The predicted molar refractivity (Wildman–Crippen MR) is 93.4 cm³/mol. The normalized spacial score (nSPS) is 16.6. The molecule has 1 atom stereocenters. The molecule has 0 spiro atoms. The molecule has 1 heterocycles. The second-order valence-electron chi connectivity index (χ2n) is 6.18. The fourth-order valence-corrected chi connectivity index (χ4v) is 2.81. The molecule has 1 aliphatic rings. The molecule has 2 amide bonds. The minimum Gasteiger partial charge on any atom is -0.368 e. The first-order valence-electron chi connectivity index (χ1n) is 8.45. The van der Waals surface area contributed by atoms with Gasteiger partial charge in [0, 0.05) is 12.3 Å². The van der Waals surface area contributed by atoms with Crippen LogP contribution in [0.4, 0.5) is 28.9 Å². The number of carbonyl (C=O) groups excluding carboxylic acids is 2. The first-order valence-corrected chi connectivity index (χ1v) is 8.45. The summed E-state index contributed by atoms with van der Waals surface area (Å²) < 4.78 is 59.2. The lowest BCUT2D eigenvalue weighted by molar-refractivity contribution is -0.137. The van der Waals surface area contributed by atoms with E-state index in [0.29, 0.717) is 25.5 Å². The number of ether oxygens (including phenoxy) is 1. The number of alkyl halides is 3. The first-order chi connectivity index (χ1) is 13.3. The molecule has 0 aromatic heterocycles. The summed E-state index contributed by atoms with van der Waals surface area (Å²) in [5.74, 6) is -2.40. The lowest BCUT2D eigenvalue weighted by Crippen LogP contribution is -2.27. The number of nitrogens with one attached hydrogen (secondary N) is 2. The Morgan fingerprint density at radius 3 is 2.46 bits per heavy atom. The van der Waals surface area contributed by atoms with Gasteiger partial charge in [-0.2, -0.15) is 13.2 Å². The van der Waals surface area contributed by atoms with Crippen LogP contribution in [0.3, 0.4) is 0 Å². The van der Waals surface area contributed by atoms with E-state index in [-0.39, 0.29) is 11.3 Å². The molecule has 0 aliphatic carbocycles. The summed E-state index contributed by atoms with van der Waals surface area (Å²) in [5, 5.41) is 4.45. The van der Waals surface area contributed by atoms with Crippen molar-refractivity contribution in [3.8, 4) is 0 Å². The van der Waals surface area contributed by atoms with Crippen molar-refractivity contribution in [1.29, 1.82) is 0 Å². The van der Waals surface area contributed by atoms with E-state index in [4.69, 9.17) is 4.74 Å². The van der Waals surface area contributed by atoms with Gasteiger partial charge >= 0.3 is 6.18 Å². The number of rotatable bonds is 4. The van der Waals surface area contributed by atoms with E-state index in [2.05, 4.69) is 10.6 Å². The van der Waals surface area contributed by atoms with E-state index in [1.807, 2.05) is 0 Å². The van der Waals surface area contributed by atoms with Crippen molar-refractivity contribution >= 4 is 23.2 Å². The number of anilines is 2. The van der Waals surface area contributed by atoms with E-state index in [1.54, 1.807) is 0 Å². The Morgan fingerprint density at radius 2 is 1.82 bits per heavy atom. The first kappa shape index (κ1) is 19.8. The molecule has 1 saturated heterocycles. The van der Waals surface area contributed by atoms with Crippen LogP contribution < -0.4 is 10.6 Å². The average molecular weight is 396 g/mol. The summed E-state index contributed by atoms with van der Waals surface area (Å²) in [6, 6.07) is 7.89. The Balaban J connectivity index is 1.84. The molecule has 148 valence electrons. The molecular weight excluding hydrogens is 380 g/mol. The van der Waals surface area contributed by atoms with Crippen LogP contribution in [-0.4, -0.2) is 24.5 Å². The summed E-state index contributed by atoms with van der Waals surface area (Å²) >= 11 is 0. The van der Waals surface area contributed by atoms with Crippen molar-refractivity contribution in [2.24, 2.45) is 0 Å². The van der Waals surface area contributed by atoms with E-state index in [1.165, 1.54) is 18.2 Å². The zero-order valence-corrected chi connectivity index (χ0v) is 14.5. The molecule has 5 nitrogen and oxygen atoms in total. The maximum atomic E-state index is 13.7. The Kier molecular flexibility index (Phi) is 5.64. The molecule has 0 saturated carbocycles. The fraction of sp³-hybridized carbons (Fsp3) is 0.263. The third-order valence-corrected chi connectivity index (χ3v) is 4.18. The van der Waals surface area contributed by atoms with Crippen molar-refractivity contribution in [2.75, 3.05) is 17.2 Å². The van der Waals surface area contributed by atoms with Crippen LogP contribution in [0.15, 0.2) is 42.5 Å². The molecule has 2 aromatic rings. The Labute approximate surface area is 157 Å². The minimum absolute atomic E-state index is 0.0864. The van der Waals surface area contributed by atoms with Crippen molar-refractivity contribution < 1.29 is 31.9 Å². The molecule has 1 unspecified atom stereocenters. The second-order valence-corrected chi connectivity index (χ2v) is 6.18. The highest BCUT2D eigenvalue weighted by atomic mass is 19.4. The van der Waals surface area contributed by atoms with Crippen LogP contribution in [0.5, 0.6) is 0 Å². The van der Waals surface area contributed by atoms with Gasteiger partial charge in [0.15, 0.2) is 0 Å². The molecule has 2 aromatic carbocycles. The summed E-state index contributed by atoms with van der Waals surface area (Å²) in [5.41, 5.74) is -2.18. The molecule has 28 heavy (non-hydrogen) atoms. The number of benzene rings is 2. The largest absolute Gasteiger partial charge is 0.418 e. The summed E-state index contributed by atoms with van der Waals surface area (Å²) in [6.07, 6.45) is -4.31. The monoisotopic (exact) mass is 396 g/mol. The van der Waals surface area contributed by atoms with Crippen molar-refractivity contribution in [3.05, 3.63) is 59.4 Å². The number of hydrogen-bond acceptors (Lipinski definition) is 3. The zero-order chi connectivity index (χ0) is 20.3. The fourth-order valence-electron chi connectivity index (χ4n) is 2.81. The Hall–Kier alpha value is -2.94. The third kappa shape index (κ3) is 4.48. The maximum Gasteiger partial charge on any atom is 0.418 e. The van der Waals surface area contributed by atoms with Gasteiger partial charge in [0.2, 0.25) is 0 Å². The number of hydrogen-bond donors (Lipinski definition) is 2. The zero-order valence-electron chi connectivity index (χ0n) is 14.5. The van der Waals surface area contributed by atoms with Crippen LogP contribution in [0, 0.1) is 5.82 Å². The SMILES string of the molecule is O=C(Nc1ccc(NC(=O)C2CCCO2)cc1C(F)(F)F)c1ccccc1F. The van der Waals surface area contributed by atoms with Crippen molar-refractivity contribution in [3.63, 3.8) is 0 Å². The minimum atomic E-state index is -4.80. The smallest absolute Gasteiger partial charge is 0.368 e. The van der Waals surface area contributed by atoms with Gasteiger partial charge in [-0.15, -0.1) is 0 Å². The van der Waals surface area contributed by atoms with Gasteiger partial charge in [-0.25, -0.2) is 4.39 Å². The van der Waals surface area contributed by atoms with E-state index < -0.39 is 41.2 Å². The van der Waals surface area contributed by atoms with E-state index in [9.17, 15) is 27.2 Å². The standard InChI is InChI=1S/C19H16F4N2O3/c20-14-5-2-1-4-12(14)17(26)25-15-8-7-11(10-13(15)19(21,22)23)24-18(27)16-6-3-9-28-16/h1-2,4-5,7-8,10,16H,3,6,9H2,(H,24,27)(H,25,26). The summed E-state index contributed by atoms with van der Waals surface area (Å²) in [6.45, 7) is 0.424. The molecule has 3 rings (SSSR count). The topological polar surface area (TPSA) is 67.4 Å². The predicted octanol–water partition coefficient (Wildman–Crippen LogP) is 4.21. The van der Waals surface area contributed by atoms with Crippen LogP contribution in [0.1, 0.15) is 28.8 Å². The third-order valence-electron chi connectivity index (χ3n) is 4.18. The Morgan fingerprint density at radius 1 is 1.07 bits per heavy atom. The van der Waals surface area contributed by atoms with Gasteiger partial charge in [0.1, 0.15) is 11.9 Å². The Bertz CT molecular complexity index is 893. The number of halogens is 4. The van der Waals surface area contributed by atoms with Gasteiger partial charge in [0.05, 0.1) is 16.8 Å². The molecule has 0 bridgehead atoms. The lowest BCUT2D eigenvalue weighted by Gasteiger charge is -2.17. The molecule has 0 radical (unpaired) electrons. The van der Waals surface area contributed by atoms with Gasteiger partial charge in [-0.05, 0) is 43.2 Å².